The predicted molar refractivity (Wildman–Crippen MR) is 170 cm³/mol. The Morgan fingerprint density at radius 3 is 1.57 bits per heavy atom. The Bertz CT molecular complexity index is 2230. The zero-order valence-electron chi connectivity index (χ0n) is 29.3. The highest BCUT2D eigenvalue weighted by Crippen LogP contribution is 2.39. The van der Waals surface area contributed by atoms with E-state index in [0.717, 1.165) is 57.5 Å². The van der Waals surface area contributed by atoms with Crippen molar-refractivity contribution in [2.75, 3.05) is 0 Å². The van der Waals surface area contributed by atoms with Gasteiger partial charge in [0.1, 0.15) is 23.0 Å². The van der Waals surface area contributed by atoms with Gasteiger partial charge in [-0.25, -0.2) is 19.1 Å². The molecule has 2 aliphatic rings. The second-order valence-corrected chi connectivity index (χ2v) is 11.9. The smallest absolute Gasteiger partial charge is 0.286 e. The summed E-state index contributed by atoms with van der Waals surface area (Å²) in [6.45, 7) is 8.10. The first-order valence-corrected chi connectivity index (χ1v) is 14.8. The summed E-state index contributed by atoms with van der Waals surface area (Å²) in [4.78, 5) is 17.6. The lowest BCUT2D eigenvalue weighted by atomic mass is 9.92. The predicted octanol–water partition coefficient (Wildman–Crippen LogP) is 5.18. The van der Waals surface area contributed by atoms with E-state index in [0.29, 0.717) is 12.0 Å². The van der Waals surface area contributed by atoms with Crippen LogP contribution in [0.15, 0.2) is 61.7 Å². The van der Waals surface area contributed by atoms with E-state index < -0.39 is 6.85 Å². The second kappa shape index (κ2) is 10.3. The molecule has 6 heterocycles. The van der Waals surface area contributed by atoms with Crippen molar-refractivity contribution >= 4 is 0 Å². The Hall–Kier alpha value is -4.98. The molecular formula is C36H38N8+2. The molecule has 0 fully saturated rings. The number of imidazole rings is 2. The zero-order chi connectivity index (χ0) is 33.4. The van der Waals surface area contributed by atoms with Crippen LogP contribution in [0.1, 0.15) is 60.5 Å². The van der Waals surface area contributed by atoms with Crippen molar-refractivity contribution in [2.45, 2.75) is 54.3 Å². The van der Waals surface area contributed by atoms with Gasteiger partial charge in [0, 0.05) is 78.8 Å². The summed E-state index contributed by atoms with van der Waals surface area (Å²) >= 11 is 0. The third kappa shape index (κ3) is 4.35. The molecule has 8 nitrogen and oxygen atoms in total. The van der Waals surface area contributed by atoms with Crippen LogP contribution in [0.25, 0.3) is 33.9 Å². The third-order valence-corrected chi connectivity index (χ3v) is 9.06. The number of hydrogen-bond donors (Lipinski definition) is 0. The fourth-order valence-electron chi connectivity index (χ4n) is 6.59. The van der Waals surface area contributed by atoms with Gasteiger partial charge in [0.05, 0.1) is 25.5 Å². The van der Waals surface area contributed by atoms with Gasteiger partial charge in [-0.2, -0.15) is 0 Å². The van der Waals surface area contributed by atoms with Crippen LogP contribution >= 0.6 is 0 Å². The van der Waals surface area contributed by atoms with Crippen molar-refractivity contribution in [1.29, 1.82) is 0 Å². The lowest BCUT2D eigenvalue weighted by molar-refractivity contribution is -0.663. The SMILES string of the molecule is Cc1cc(-c2c(C)c(C)cc3c2Cc2nccn2-3)[n+](C)cn1.[2H]C([2H])([2H])c1cc2c(c(-c3cc(C)nc[n+]3C)c1C)Cc1nccn1-2. The molecule has 0 atom stereocenters. The van der Waals surface area contributed by atoms with Gasteiger partial charge in [0.2, 0.25) is 0 Å². The molecular weight excluding hydrogens is 544 g/mol. The molecule has 2 aromatic carbocycles. The number of rotatable bonds is 2. The molecule has 8 heteroatoms. The van der Waals surface area contributed by atoms with Gasteiger partial charge in [-0.15, -0.1) is 0 Å². The highest BCUT2D eigenvalue weighted by Gasteiger charge is 2.28. The standard InChI is InChI=1S/2C18H19N4/c2*1-11-7-15-14(9-17-19-5-6-22(15)17)18(13(11)3)16-8-12(2)20-10-21(16)4/h2*5-8,10H,9H2,1-4H3/q2*+1/i1D3;. The fourth-order valence-corrected chi connectivity index (χ4v) is 6.59. The highest BCUT2D eigenvalue weighted by molar-refractivity contribution is 5.75. The normalized spacial score (nSPS) is 13.7. The van der Waals surface area contributed by atoms with Crippen LogP contribution in [-0.4, -0.2) is 29.1 Å². The third-order valence-electron chi connectivity index (χ3n) is 9.06. The van der Waals surface area contributed by atoms with Gasteiger partial charge in [0.25, 0.3) is 12.7 Å². The summed E-state index contributed by atoms with van der Waals surface area (Å²) < 4.78 is 32.2. The maximum absolute atomic E-state index is 7.97. The second-order valence-electron chi connectivity index (χ2n) is 11.9. The van der Waals surface area contributed by atoms with Gasteiger partial charge in [-0.1, -0.05) is 9.97 Å². The van der Waals surface area contributed by atoms with Gasteiger partial charge in [-0.3, -0.25) is 0 Å². The van der Waals surface area contributed by atoms with E-state index in [-0.39, 0.29) is 0 Å². The number of hydrogen-bond acceptors (Lipinski definition) is 4. The lowest BCUT2D eigenvalue weighted by Crippen LogP contribution is -2.32. The van der Waals surface area contributed by atoms with E-state index in [1.54, 1.807) is 18.6 Å². The summed E-state index contributed by atoms with van der Waals surface area (Å²) in [6, 6.07) is 8.25. The molecule has 0 N–H and O–H groups in total. The van der Waals surface area contributed by atoms with Crippen LogP contribution in [0, 0.1) is 41.5 Å². The summed E-state index contributed by atoms with van der Waals surface area (Å²) in [7, 11) is 3.99. The van der Waals surface area contributed by atoms with Crippen molar-refractivity contribution < 1.29 is 13.2 Å². The maximum atomic E-state index is 7.97. The molecule has 44 heavy (non-hydrogen) atoms. The molecule has 0 bridgehead atoms. The zero-order valence-corrected chi connectivity index (χ0v) is 26.3. The van der Waals surface area contributed by atoms with Crippen LogP contribution in [0.2, 0.25) is 0 Å². The Morgan fingerprint density at radius 2 is 1.09 bits per heavy atom. The van der Waals surface area contributed by atoms with E-state index in [4.69, 9.17) is 4.11 Å². The molecule has 4 aromatic heterocycles. The molecule has 0 saturated heterocycles. The van der Waals surface area contributed by atoms with Crippen molar-refractivity contribution in [3.8, 4) is 33.9 Å². The summed E-state index contributed by atoms with van der Waals surface area (Å²) in [5, 5.41) is 0. The Kier molecular flexibility index (Phi) is 5.74. The Morgan fingerprint density at radius 1 is 0.636 bits per heavy atom. The summed E-state index contributed by atoms with van der Waals surface area (Å²) in [6.07, 6.45) is 12.8. The van der Waals surface area contributed by atoms with E-state index in [9.17, 15) is 0 Å². The lowest BCUT2D eigenvalue weighted by Gasteiger charge is -2.15. The Labute approximate surface area is 262 Å². The first kappa shape index (κ1) is 24.5. The average molecular weight is 586 g/mol. The number of benzene rings is 2. The maximum Gasteiger partial charge on any atom is 0.286 e. The minimum absolute atomic E-state index is 0.386. The van der Waals surface area contributed by atoms with Crippen molar-refractivity contribution in [1.82, 2.24) is 29.1 Å². The van der Waals surface area contributed by atoms with Gasteiger partial charge in [0.15, 0.2) is 11.4 Å². The molecule has 0 unspecified atom stereocenters. The first-order chi connectivity index (χ1) is 22.3. The van der Waals surface area contributed by atoms with Crippen LogP contribution in [0.5, 0.6) is 0 Å². The average Bonchev–Trinajstić information content (AvgIpc) is 3.79. The molecule has 0 saturated carbocycles. The van der Waals surface area contributed by atoms with Crippen molar-refractivity contribution in [3.63, 3.8) is 0 Å². The molecule has 0 radical (unpaired) electrons. The molecule has 2 aliphatic heterocycles. The quantitative estimate of drug-likeness (QED) is 0.262. The molecule has 220 valence electrons. The highest BCUT2D eigenvalue weighted by atomic mass is 15.1. The fraction of sp³-hybridized carbons (Fsp3) is 0.278. The number of aromatic nitrogens is 8. The molecule has 0 spiro atoms. The number of fused-ring (bicyclic) bond motifs is 6. The molecule has 0 aliphatic carbocycles. The van der Waals surface area contributed by atoms with E-state index in [2.05, 4.69) is 68.3 Å². The molecule has 8 rings (SSSR count). The van der Waals surface area contributed by atoms with E-state index in [1.807, 2.05) is 61.7 Å². The van der Waals surface area contributed by atoms with Crippen LogP contribution in [0.4, 0.5) is 0 Å². The van der Waals surface area contributed by atoms with Gasteiger partial charge in [-0.05, 0) is 73.1 Å². The summed E-state index contributed by atoms with van der Waals surface area (Å²) in [5.41, 5.74) is 14.9. The van der Waals surface area contributed by atoms with Crippen LogP contribution in [0.3, 0.4) is 0 Å². The van der Waals surface area contributed by atoms with E-state index in [1.165, 1.54) is 33.6 Å². The number of nitrogens with zero attached hydrogens (tertiary/aromatic N) is 8. The topological polar surface area (TPSA) is 69.2 Å². The van der Waals surface area contributed by atoms with Gasteiger partial charge < -0.3 is 9.13 Å². The van der Waals surface area contributed by atoms with E-state index >= 15 is 0 Å². The molecule has 0 amide bonds. The summed E-state index contributed by atoms with van der Waals surface area (Å²) in [5.74, 6) is 2.06. The number of aryl methyl sites for hydroxylation is 6. The minimum Gasteiger partial charge on any atom is -0.303 e. The largest absolute Gasteiger partial charge is 0.303 e. The monoisotopic (exact) mass is 585 g/mol. The first-order valence-electron chi connectivity index (χ1n) is 16.3. The van der Waals surface area contributed by atoms with Crippen molar-refractivity contribution in [3.05, 3.63) is 118 Å². The Balaban J connectivity index is 0.000000151. The van der Waals surface area contributed by atoms with Crippen LogP contribution in [-0.2, 0) is 26.9 Å². The minimum atomic E-state index is -2.17. The van der Waals surface area contributed by atoms with Crippen molar-refractivity contribution in [2.24, 2.45) is 14.1 Å². The van der Waals surface area contributed by atoms with Crippen LogP contribution < -0.4 is 9.13 Å². The van der Waals surface area contributed by atoms with Gasteiger partial charge >= 0.3 is 0 Å². The molecule has 6 aromatic rings.